The molecule has 0 nitrogen and oxygen atoms in total. The Morgan fingerprint density at radius 2 is 1.00 bits per heavy atom. The lowest BCUT2D eigenvalue weighted by Gasteiger charge is -2.49. The summed E-state index contributed by atoms with van der Waals surface area (Å²) in [7, 11) is 0. The van der Waals surface area contributed by atoms with Crippen molar-refractivity contribution in [2.24, 2.45) is 11.8 Å². The zero-order valence-corrected chi connectivity index (χ0v) is 19.1. The van der Waals surface area contributed by atoms with E-state index < -0.39 is 0 Å². The molecule has 2 fully saturated rings. The minimum Gasteiger partial charge on any atom is -0.0533 e. The first-order valence-corrected chi connectivity index (χ1v) is 12.4. The first-order chi connectivity index (χ1) is 13.2. The highest BCUT2D eigenvalue weighted by molar-refractivity contribution is 9.10. The fourth-order valence-corrected chi connectivity index (χ4v) is 7.38. The van der Waals surface area contributed by atoms with Gasteiger partial charge >= 0.3 is 0 Å². The van der Waals surface area contributed by atoms with Gasteiger partial charge in [-0.1, -0.05) is 82.5 Å². The number of hydrogen-bond acceptors (Lipinski definition) is 0. The molecule has 2 heteroatoms. The molecule has 0 spiro atoms. The van der Waals surface area contributed by atoms with E-state index in [9.17, 15) is 0 Å². The van der Waals surface area contributed by atoms with Crippen LogP contribution in [0.4, 0.5) is 0 Å². The van der Waals surface area contributed by atoms with Crippen molar-refractivity contribution >= 4 is 31.9 Å². The SMILES string of the molecule is Brc1ccc2c(c1)C(C1CCCCC1)(C1CCCCC1)c1cc(Br)ccc1-2. The van der Waals surface area contributed by atoms with Gasteiger partial charge in [-0.3, -0.25) is 0 Å². The van der Waals surface area contributed by atoms with E-state index >= 15 is 0 Å². The summed E-state index contributed by atoms with van der Waals surface area (Å²) < 4.78 is 2.48. The molecule has 0 atom stereocenters. The van der Waals surface area contributed by atoms with E-state index in [2.05, 4.69) is 68.3 Å². The largest absolute Gasteiger partial charge is 0.0533 e. The molecule has 0 saturated heterocycles. The third-order valence-electron chi connectivity index (χ3n) is 7.64. The fourth-order valence-electron chi connectivity index (χ4n) is 6.66. The van der Waals surface area contributed by atoms with Crippen LogP contribution < -0.4 is 0 Å². The molecule has 0 amide bonds. The van der Waals surface area contributed by atoms with Crippen LogP contribution in [0.5, 0.6) is 0 Å². The lowest BCUT2D eigenvalue weighted by atomic mass is 9.55. The van der Waals surface area contributed by atoms with E-state index in [0.29, 0.717) is 0 Å². The van der Waals surface area contributed by atoms with Crippen molar-refractivity contribution in [2.45, 2.75) is 69.6 Å². The molecule has 2 saturated carbocycles. The van der Waals surface area contributed by atoms with Crippen molar-refractivity contribution in [3.05, 3.63) is 56.5 Å². The predicted molar refractivity (Wildman–Crippen MR) is 121 cm³/mol. The second kappa shape index (κ2) is 7.34. The number of halogens is 2. The van der Waals surface area contributed by atoms with Gasteiger partial charge in [0.2, 0.25) is 0 Å². The van der Waals surface area contributed by atoms with Crippen LogP contribution in [0.15, 0.2) is 45.3 Å². The van der Waals surface area contributed by atoms with Crippen LogP contribution in [-0.4, -0.2) is 0 Å². The summed E-state index contributed by atoms with van der Waals surface area (Å²) >= 11 is 7.63. The van der Waals surface area contributed by atoms with Gasteiger partial charge in [0.05, 0.1) is 0 Å². The Bertz CT molecular complexity index is 770. The molecular formula is C25H28Br2. The maximum atomic E-state index is 3.81. The van der Waals surface area contributed by atoms with Crippen molar-refractivity contribution < 1.29 is 0 Å². The number of fused-ring (bicyclic) bond motifs is 3. The van der Waals surface area contributed by atoms with Crippen molar-refractivity contribution in [3.8, 4) is 11.1 Å². The quantitative estimate of drug-likeness (QED) is 0.397. The zero-order valence-electron chi connectivity index (χ0n) is 15.9. The smallest absolute Gasteiger partial charge is 0.0272 e. The molecule has 0 N–H and O–H groups in total. The molecule has 0 aliphatic heterocycles. The first-order valence-electron chi connectivity index (χ1n) is 10.8. The van der Waals surface area contributed by atoms with Gasteiger partial charge in [0.15, 0.2) is 0 Å². The topological polar surface area (TPSA) is 0 Å². The summed E-state index contributed by atoms with van der Waals surface area (Å²) in [6.07, 6.45) is 14.1. The highest BCUT2D eigenvalue weighted by Crippen LogP contribution is 2.62. The lowest BCUT2D eigenvalue weighted by molar-refractivity contribution is 0.137. The second-order valence-corrected chi connectivity index (χ2v) is 10.8. The van der Waals surface area contributed by atoms with Gasteiger partial charge in [0.25, 0.3) is 0 Å². The summed E-state index contributed by atoms with van der Waals surface area (Å²) in [5.74, 6) is 1.58. The van der Waals surface area contributed by atoms with E-state index in [0.717, 1.165) is 11.8 Å². The van der Waals surface area contributed by atoms with Gasteiger partial charge in [0.1, 0.15) is 0 Å². The summed E-state index contributed by atoms with van der Waals surface area (Å²) in [6, 6.07) is 14.2. The monoisotopic (exact) mass is 486 g/mol. The van der Waals surface area contributed by atoms with Crippen LogP contribution in [0.2, 0.25) is 0 Å². The van der Waals surface area contributed by atoms with Crippen LogP contribution in [-0.2, 0) is 5.41 Å². The Balaban J connectivity index is 1.80. The Morgan fingerprint density at radius 3 is 1.41 bits per heavy atom. The Morgan fingerprint density at radius 1 is 0.593 bits per heavy atom. The van der Waals surface area contributed by atoms with E-state index in [1.807, 2.05) is 0 Å². The van der Waals surface area contributed by atoms with Gasteiger partial charge in [-0.25, -0.2) is 0 Å². The van der Waals surface area contributed by atoms with E-state index in [1.165, 1.54) is 84.3 Å². The summed E-state index contributed by atoms with van der Waals surface area (Å²) in [5.41, 5.74) is 6.47. The predicted octanol–water partition coefficient (Wildman–Crippen LogP) is 8.64. The molecule has 2 aromatic carbocycles. The maximum Gasteiger partial charge on any atom is 0.0272 e. The first kappa shape index (κ1) is 18.4. The van der Waals surface area contributed by atoms with Gasteiger partial charge in [-0.15, -0.1) is 0 Å². The van der Waals surface area contributed by atoms with Crippen LogP contribution in [0.1, 0.15) is 75.3 Å². The molecule has 27 heavy (non-hydrogen) atoms. The minimum atomic E-state index is 0.221. The molecule has 0 heterocycles. The highest BCUT2D eigenvalue weighted by Gasteiger charge is 2.53. The van der Waals surface area contributed by atoms with Crippen molar-refractivity contribution in [3.63, 3.8) is 0 Å². The molecule has 5 rings (SSSR count). The lowest BCUT2D eigenvalue weighted by Crippen LogP contribution is -2.44. The molecule has 0 radical (unpaired) electrons. The highest BCUT2D eigenvalue weighted by atomic mass is 79.9. The standard InChI is InChI=1S/C25H28Br2/c26-19-11-13-21-22-14-12-20(27)16-24(22)25(23(21)15-19,17-7-3-1-4-8-17)18-9-5-2-6-10-18/h11-18H,1-10H2. The Hall–Kier alpha value is -0.600. The van der Waals surface area contributed by atoms with E-state index in [1.54, 1.807) is 11.1 Å². The average Bonchev–Trinajstić information content (AvgIpc) is 2.99. The number of benzene rings is 2. The van der Waals surface area contributed by atoms with Gasteiger partial charge in [-0.2, -0.15) is 0 Å². The van der Waals surface area contributed by atoms with Crippen molar-refractivity contribution in [2.75, 3.05) is 0 Å². The summed E-state index contributed by atoms with van der Waals surface area (Å²) in [6.45, 7) is 0. The zero-order chi connectivity index (χ0) is 18.4. The third-order valence-corrected chi connectivity index (χ3v) is 8.63. The molecule has 0 bridgehead atoms. The molecule has 2 aromatic rings. The summed E-state index contributed by atoms with van der Waals surface area (Å²) in [5, 5.41) is 0. The van der Waals surface area contributed by atoms with Crippen molar-refractivity contribution in [1.82, 2.24) is 0 Å². The molecule has 0 aromatic heterocycles. The molecule has 3 aliphatic carbocycles. The molecule has 0 unspecified atom stereocenters. The Kier molecular flexibility index (Phi) is 5.01. The molecular weight excluding hydrogens is 460 g/mol. The van der Waals surface area contributed by atoms with Crippen LogP contribution in [0, 0.1) is 11.8 Å². The Labute approximate surface area is 180 Å². The van der Waals surface area contributed by atoms with E-state index in [-0.39, 0.29) is 5.41 Å². The number of hydrogen-bond donors (Lipinski definition) is 0. The van der Waals surface area contributed by atoms with Gasteiger partial charge < -0.3 is 0 Å². The average molecular weight is 488 g/mol. The van der Waals surface area contributed by atoms with E-state index in [4.69, 9.17) is 0 Å². The van der Waals surface area contributed by atoms with Gasteiger partial charge in [-0.05, 0) is 84.0 Å². The molecule has 3 aliphatic rings. The molecule has 142 valence electrons. The number of rotatable bonds is 2. The van der Waals surface area contributed by atoms with Crippen LogP contribution in [0.3, 0.4) is 0 Å². The summed E-state index contributed by atoms with van der Waals surface area (Å²) in [4.78, 5) is 0. The fraction of sp³-hybridized carbons (Fsp3) is 0.520. The normalized spacial score (nSPS) is 22.4. The third kappa shape index (κ3) is 2.89. The maximum absolute atomic E-state index is 3.81. The van der Waals surface area contributed by atoms with Crippen LogP contribution in [0.25, 0.3) is 11.1 Å². The minimum absolute atomic E-state index is 0.221. The van der Waals surface area contributed by atoms with Crippen LogP contribution >= 0.6 is 31.9 Å². The van der Waals surface area contributed by atoms with Crippen molar-refractivity contribution in [1.29, 1.82) is 0 Å². The van der Waals surface area contributed by atoms with Gasteiger partial charge in [0, 0.05) is 14.4 Å². The second-order valence-electron chi connectivity index (χ2n) is 8.92.